The summed E-state index contributed by atoms with van der Waals surface area (Å²) >= 11 is 0. The van der Waals surface area contributed by atoms with E-state index in [-0.39, 0.29) is 12.6 Å². The van der Waals surface area contributed by atoms with Gasteiger partial charge in [0.15, 0.2) is 0 Å². The molecule has 1 fully saturated rings. The maximum Gasteiger partial charge on any atom is 0.401 e. The number of hydrogen-bond donors (Lipinski definition) is 1. The fourth-order valence-electron chi connectivity index (χ4n) is 2.15. The fourth-order valence-corrected chi connectivity index (χ4v) is 2.15. The van der Waals surface area contributed by atoms with Gasteiger partial charge in [0.1, 0.15) is 5.76 Å². The van der Waals surface area contributed by atoms with E-state index in [0.29, 0.717) is 18.3 Å². The van der Waals surface area contributed by atoms with Gasteiger partial charge in [-0.25, -0.2) is 0 Å². The van der Waals surface area contributed by atoms with E-state index in [9.17, 15) is 13.2 Å². The molecule has 20 heavy (non-hydrogen) atoms. The summed E-state index contributed by atoms with van der Waals surface area (Å²) in [4.78, 5) is 1.47. The highest BCUT2D eigenvalue weighted by atomic mass is 19.4. The highest BCUT2D eigenvalue weighted by Crippen LogP contribution is 2.32. The number of furan rings is 1. The summed E-state index contributed by atoms with van der Waals surface area (Å²) in [6, 6.07) is 2.20. The van der Waals surface area contributed by atoms with Crippen LogP contribution in [-0.2, 0) is 13.1 Å². The van der Waals surface area contributed by atoms with E-state index in [0.717, 1.165) is 18.4 Å². The number of rotatable bonds is 7. The van der Waals surface area contributed by atoms with Crippen LogP contribution in [0.4, 0.5) is 13.2 Å². The zero-order chi connectivity index (χ0) is 14.8. The lowest BCUT2D eigenvalue weighted by Crippen LogP contribution is -2.35. The molecule has 0 atom stereocenters. The predicted octanol–water partition coefficient (Wildman–Crippen LogP) is 3.30. The van der Waals surface area contributed by atoms with Gasteiger partial charge in [-0.1, -0.05) is 13.8 Å². The molecule has 0 aliphatic heterocycles. The van der Waals surface area contributed by atoms with Gasteiger partial charge >= 0.3 is 6.18 Å². The molecule has 1 saturated carbocycles. The molecular weight excluding hydrogens is 269 g/mol. The van der Waals surface area contributed by atoms with Crippen molar-refractivity contribution < 1.29 is 17.6 Å². The maximum atomic E-state index is 12.6. The van der Waals surface area contributed by atoms with E-state index < -0.39 is 12.7 Å². The Balaban J connectivity index is 1.98. The minimum absolute atomic E-state index is 0.0487. The monoisotopic (exact) mass is 290 g/mol. The molecule has 1 aliphatic carbocycles. The van der Waals surface area contributed by atoms with Gasteiger partial charge in [0.05, 0.1) is 19.4 Å². The molecule has 1 aromatic heterocycles. The van der Waals surface area contributed by atoms with Crippen LogP contribution in [0.2, 0.25) is 0 Å². The van der Waals surface area contributed by atoms with Gasteiger partial charge in [-0.2, -0.15) is 13.2 Å². The maximum absolute atomic E-state index is 12.6. The summed E-state index contributed by atoms with van der Waals surface area (Å²) in [5.74, 6) is 0.634. The molecule has 0 unspecified atom stereocenters. The summed E-state index contributed by atoms with van der Waals surface area (Å²) in [6.45, 7) is 4.04. The largest absolute Gasteiger partial charge is 0.468 e. The van der Waals surface area contributed by atoms with Gasteiger partial charge in [-0.15, -0.1) is 0 Å². The lowest BCUT2D eigenvalue weighted by Gasteiger charge is -2.22. The Morgan fingerprint density at radius 2 is 2.10 bits per heavy atom. The Morgan fingerprint density at radius 3 is 2.65 bits per heavy atom. The highest BCUT2D eigenvalue weighted by Gasteiger charge is 2.38. The second-order valence-corrected chi connectivity index (χ2v) is 5.66. The van der Waals surface area contributed by atoms with Crippen molar-refractivity contribution in [2.45, 2.75) is 58.0 Å². The molecule has 114 valence electrons. The number of alkyl halides is 3. The number of nitrogens with one attached hydrogen (secondary N) is 1. The van der Waals surface area contributed by atoms with Crippen LogP contribution in [0.15, 0.2) is 16.7 Å². The average molecular weight is 290 g/mol. The lowest BCUT2D eigenvalue weighted by molar-refractivity contribution is -0.148. The molecule has 3 nitrogen and oxygen atoms in total. The number of halogens is 3. The molecule has 1 N–H and O–H groups in total. The van der Waals surface area contributed by atoms with E-state index in [1.54, 1.807) is 6.26 Å². The first kappa shape index (κ1) is 15.4. The van der Waals surface area contributed by atoms with Crippen molar-refractivity contribution >= 4 is 0 Å². The van der Waals surface area contributed by atoms with Gasteiger partial charge < -0.3 is 9.73 Å². The van der Waals surface area contributed by atoms with Crippen molar-refractivity contribution in [3.8, 4) is 0 Å². The van der Waals surface area contributed by atoms with Crippen molar-refractivity contribution in [3.63, 3.8) is 0 Å². The van der Waals surface area contributed by atoms with Crippen LogP contribution < -0.4 is 5.32 Å². The van der Waals surface area contributed by atoms with Crippen LogP contribution in [0.3, 0.4) is 0 Å². The van der Waals surface area contributed by atoms with Crippen LogP contribution >= 0.6 is 0 Å². The molecule has 1 heterocycles. The summed E-state index contributed by atoms with van der Waals surface area (Å²) in [5.41, 5.74) is 0.937. The SMILES string of the molecule is CC(C)NCc1ccoc1CN(CC(F)(F)F)C1CC1. The van der Waals surface area contributed by atoms with Gasteiger partial charge in [-0.3, -0.25) is 4.90 Å². The zero-order valence-corrected chi connectivity index (χ0v) is 11.8. The Labute approximate surface area is 117 Å². The molecule has 0 spiro atoms. The minimum Gasteiger partial charge on any atom is -0.468 e. The van der Waals surface area contributed by atoms with Crippen LogP contribution in [0.5, 0.6) is 0 Å². The number of nitrogens with zero attached hydrogens (tertiary/aromatic N) is 1. The minimum atomic E-state index is -4.16. The average Bonchev–Trinajstić information content (AvgIpc) is 3.06. The van der Waals surface area contributed by atoms with Crippen molar-refractivity contribution in [2.75, 3.05) is 6.54 Å². The molecule has 0 bridgehead atoms. The van der Waals surface area contributed by atoms with Crippen LogP contribution in [-0.4, -0.2) is 29.7 Å². The van der Waals surface area contributed by atoms with E-state index in [2.05, 4.69) is 5.32 Å². The van der Waals surface area contributed by atoms with Gasteiger partial charge in [0.2, 0.25) is 0 Å². The van der Waals surface area contributed by atoms with Crippen molar-refractivity contribution in [2.24, 2.45) is 0 Å². The topological polar surface area (TPSA) is 28.4 Å². The highest BCUT2D eigenvalue weighted by molar-refractivity contribution is 5.17. The van der Waals surface area contributed by atoms with E-state index in [4.69, 9.17) is 4.42 Å². The lowest BCUT2D eigenvalue weighted by atomic mass is 10.2. The van der Waals surface area contributed by atoms with Gasteiger partial charge in [-0.05, 0) is 18.9 Å². The molecular formula is C14H21F3N2O. The molecule has 1 aliphatic rings. The Morgan fingerprint density at radius 1 is 1.40 bits per heavy atom. The van der Waals surface area contributed by atoms with E-state index in [1.807, 2.05) is 19.9 Å². The zero-order valence-electron chi connectivity index (χ0n) is 11.8. The Kier molecular flexibility index (Phi) is 4.75. The van der Waals surface area contributed by atoms with Crippen molar-refractivity contribution in [1.29, 1.82) is 0 Å². The van der Waals surface area contributed by atoms with E-state index in [1.165, 1.54) is 4.90 Å². The molecule has 0 radical (unpaired) electrons. The fraction of sp³-hybridized carbons (Fsp3) is 0.714. The van der Waals surface area contributed by atoms with Gasteiger partial charge in [0, 0.05) is 24.2 Å². The van der Waals surface area contributed by atoms with Crippen molar-refractivity contribution in [3.05, 3.63) is 23.7 Å². The first-order valence-electron chi connectivity index (χ1n) is 6.94. The third kappa shape index (κ3) is 4.83. The summed E-state index contributed by atoms with van der Waals surface area (Å²) in [7, 11) is 0. The predicted molar refractivity (Wildman–Crippen MR) is 70.2 cm³/mol. The Hall–Kier alpha value is -1.01. The van der Waals surface area contributed by atoms with Crippen LogP contribution in [0.25, 0.3) is 0 Å². The molecule has 1 aromatic rings. The van der Waals surface area contributed by atoms with Gasteiger partial charge in [0.25, 0.3) is 0 Å². The second kappa shape index (κ2) is 6.18. The van der Waals surface area contributed by atoms with Crippen molar-refractivity contribution in [1.82, 2.24) is 10.2 Å². The first-order valence-corrected chi connectivity index (χ1v) is 6.94. The second-order valence-electron chi connectivity index (χ2n) is 5.66. The molecule has 0 amide bonds. The summed E-state index contributed by atoms with van der Waals surface area (Å²) in [5, 5.41) is 3.25. The normalized spacial score (nSPS) is 16.4. The van der Waals surface area contributed by atoms with Crippen LogP contribution in [0.1, 0.15) is 38.0 Å². The number of hydrogen-bond acceptors (Lipinski definition) is 3. The molecule has 2 rings (SSSR count). The summed E-state index contributed by atoms with van der Waals surface area (Å²) < 4.78 is 43.1. The molecule has 0 saturated heterocycles. The summed E-state index contributed by atoms with van der Waals surface area (Å²) in [6.07, 6.45) is -0.927. The quantitative estimate of drug-likeness (QED) is 0.835. The first-order chi connectivity index (χ1) is 9.35. The standard InChI is InChI=1S/C14H21F3N2O/c1-10(2)18-7-11-5-6-20-13(11)8-19(12-3-4-12)9-14(15,16)17/h5-6,10,12,18H,3-4,7-9H2,1-2H3. The Bertz CT molecular complexity index is 424. The van der Waals surface area contributed by atoms with Crippen LogP contribution in [0, 0.1) is 0 Å². The van der Waals surface area contributed by atoms with E-state index >= 15 is 0 Å². The third-order valence-electron chi connectivity index (χ3n) is 3.33. The molecule has 6 heteroatoms. The third-order valence-corrected chi connectivity index (χ3v) is 3.33. The molecule has 0 aromatic carbocycles. The smallest absolute Gasteiger partial charge is 0.401 e.